The summed E-state index contributed by atoms with van der Waals surface area (Å²) in [5.74, 6) is 0.492. The number of amides is 1. The first kappa shape index (κ1) is 15.8. The van der Waals surface area contributed by atoms with Crippen molar-refractivity contribution >= 4 is 16.9 Å². The Morgan fingerprint density at radius 2 is 2.09 bits per heavy atom. The number of nitrogens with zero attached hydrogens (tertiary/aromatic N) is 1. The summed E-state index contributed by atoms with van der Waals surface area (Å²) in [7, 11) is 1.55. The highest BCUT2D eigenvalue weighted by Gasteiger charge is 2.21. The monoisotopic (exact) mass is 318 g/mol. The fourth-order valence-electron chi connectivity index (χ4n) is 2.78. The second kappa shape index (κ2) is 7.48. The van der Waals surface area contributed by atoms with Gasteiger partial charge in [0.15, 0.2) is 5.75 Å². The van der Waals surface area contributed by atoms with Gasteiger partial charge in [0.25, 0.3) is 5.91 Å². The summed E-state index contributed by atoms with van der Waals surface area (Å²) in [6.07, 6.45) is 0.897. The van der Waals surface area contributed by atoms with Crippen LogP contribution in [0.15, 0.2) is 28.7 Å². The van der Waals surface area contributed by atoms with Crippen molar-refractivity contribution in [3.63, 3.8) is 0 Å². The molecule has 1 fully saturated rings. The minimum Gasteiger partial charge on any atom is -0.492 e. The predicted molar refractivity (Wildman–Crippen MR) is 87.0 cm³/mol. The summed E-state index contributed by atoms with van der Waals surface area (Å²) >= 11 is 0. The molecule has 23 heavy (non-hydrogen) atoms. The molecular formula is C17H22N2O4. The van der Waals surface area contributed by atoms with E-state index in [4.69, 9.17) is 13.9 Å². The Balaban J connectivity index is 1.55. The van der Waals surface area contributed by atoms with Crippen molar-refractivity contribution in [2.75, 3.05) is 46.5 Å². The van der Waals surface area contributed by atoms with E-state index in [-0.39, 0.29) is 11.7 Å². The first-order valence-corrected chi connectivity index (χ1v) is 7.93. The third kappa shape index (κ3) is 3.65. The van der Waals surface area contributed by atoms with E-state index in [0.29, 0.717) is 17.9 Å². The number of hydrogen-bond acceptors (Lipinski definition) is 5. The SMILES string of the molecule is COc1c(C(=O)NCCCN2CCOCC2)oc2ccccc12. The van der Waals surface area contributed by atoms with Crippen molar-refractivity contribution in [3.05, 3.63) is 30.0 Å². The van der Waals surface area contributed by atoms with Crippen molar-refractivity contribution in [1.29, 1.82) is 0 Å². The minimum atomic E-state index is -0.236. The maximum atomic E-state index is 12.3. The first-order valence-electron chi connectivity index (χ1n) is 7.93. The number of carbonyl (C=O) groups is 1. The topological polar surface area (TPSA) is 63.9 Å². The molecule has 2 heterocycles. The van der Waals surface area contributed by atoms with E-state index >= 15 is 0 Å². The zero-order valence-corrected chi connectivity index (χ0v) is 13.3. The summed E-state index contributed by atoms with van der Waals surface area (Å²) in [6.45, 7) is 5.08. The number of hydrogen-bond donors (Lipinski definition) is 1. The van der Waals surface area contributed by atoms with Gasteiger partial charge < -0.3 is 19.2 Å². The molecule has 1 amide bonds. The second-order valence-electron chi connectivity index (χ2n) is 5.52. The normalized spacial score (nSPS) is 15.7. The average Bonchev–Trinajstić information content (AvgIpc) is 2.98. The molecule has 6 nitrogen and oxygen atoms in total. The van der Waals surface area contributed by atoms with Crippen LogP contribution < -0.4 is 10.1 Å². The molecule has 2 aromatic rings. The summed E-state index contributed by atoms with van der Waals surface area (Å²) < 4.78 is 16.3. The standard InChI is InChI=1S/C17H22N2O4/c1-21-15-13-5-2-3-6-14(13)23-16(15)17(20)18-7-4-8-19-9-11-22-12-10-19/h2-3,5-6H,4,7-12H2,1H3,(H,18,20). The van der Waals surface area contributed by atoms with Crippen molar-refractivity contribution < 1.29 is 18.7 Å². The minimum absolute atomic E-state index is 0.236. The Morgan fingerprint density at radius 3 is 2.87 bits per heavy atom. The van der Waals surface area contributed by atoms with E-state index in [9.17, 15) is 4.79 Å². The van der Waals surface area contributed by atoms with E-state index in [0.717, 1.165) is 44.7 Å². The molecule has 0 spiro atoms. The van der Waals surface area contributed by atoms with E-state index in [1.807, 2.05) is 24.3 Å². The molecule has 1 aliphatic rings. The van der Waals surface area contributed by atoms with Crippen LogP contribution in [0.3, 0.4) is 0 Å². The zero-order valence-electron chi connectivity index (χ0n) is 13.3. The van der Waals surface area contributed by atoms with Gasteiger partial charge in [-0.25, -0.2) is 0 Å². The van der Waals surface area contributed by atoms with E-state index in [1.165, 1.54) is 0 Å². The molecule has 6 heteroatoms. The highest BCUT2D eigenvalue weighted by molar-refractivity contribution is 6.01. The van der Waals surface area contributed by atoms with Crippen LogP contribution in [0.25, 0.3) is 11.0 Å². The van der Waals surface area contributed by atoms with Crippen molar-refractivity contribution in [2.45, 2.75) is 6.42 Å². The molecule has 0 atom stereocenters. The number of methoxy groups -OCH3 is 1. The van der Waals surface area contributed by atoms with Gasteiger partial charge >= 0.3 is 0 Å². The van der Waals surface area contributed by atoms with E-state index in [1.54, 1.807) is 7.11 Å². The lowest BCUT2D eigenvalue weighted by molar-refractivity contribution is 0.0374. The van der Waals surface area contributed by atoms with Gasteiger partial charge in [-0.05, 0) is 25.1 Å². The molecule has 1 saturated heterocycles. The zero-order chi connectivity index (χ0) is 16.1. The van der Waals surface area contributed by atoms with Crippen LogP contribution in [0.1, 0.15) is 17.0 Å². The quantitative estimate of drug-likeness (QED) is 0.824. The van der Waals surface area contributed by atoms with Crippen LogP contribution in [-0.4, -0.2) is 57.3 Å². The lowest BCUT2D eigenvalue weighted by Crippen LogP contribution is -2.38. The van der Waals surface area contributed by atoms with Gasteiger partial charge in [-0.3, -0.25) is 9.69 Å². The molecule has 0 aliphatic carbocycles. The lowest BCUT2D eigenvalue weighted by Gasteiger charge is -2.26. The van der Waals surface area contributed by atoms with Crippen LogP contribution in [0, 0.1) is 0 Å². The summed E-state index contributed by atoms with van der Waals surface area (Å²) in [5.41, 5.74) is 0.655. The van der Waals surface area contributed by atoms with Gasteiger partial charge in [0, 0.05) is 19.6 Å². The molecule has 1 N–H and O–H groups in total. The van der Waals surface area contributed by atoms with Gasteiger partial charge in [0.2, 0.25) is 5.76 Å². The van der Waals surface area contributed by atoms with Crippen LogP contribution in [0.2, 0.25) is 0 Å². The summed E-state index contributed by atoms with van der Waals surface area (Å²) in [4.78, 5) is 14.7. The number of benzene rings is 1. The number of carbonyl (C=O) groups excluding carboxylic acids is 1. The largest absolute Gasteiger partial charge is 0.492 e. The van der Waals surface area contributed by atoms with Crippen LogP contribution >= 0.6 is 0 Å². The number of fused-ring (bicyclic) bond motifs is 1. The summed E-state index contributed by atoms with van der Waals surface area (Å²) in [6, 6.07) is 7.47. The fourth-order valence-corrected chi connectivity index (χ4v) is 2.78. The molecular weight excluding hydrogens is 296 g/mol. The van der Waals surface area contributed by atoms with E-state index in [2.05, 4.69) is 10.2 Å². The third-order valence-corrected chi connectivity index (χ3v) is 4.00. The second-order valence-corrected chi connectivity index (χ2v) is 5.52. The van der Waals surface area contributed by atoms with Gasteiger partial charge in [-0.1, -0.05) is 12.1 Å². The highest BCUT2D eigenvalue weighted by atomic mass is 16.5. The van der Waals surface area contributed by atoms with Gasteiger partial charge in [0.05, 0.1) is 25.7 Å². The van der Waals surface area contributed by atoms with E-state index < -0.39 is 0 Å². The maximum absolute atomic E-state index is 12.3. The van der Waals surface area contributed by atoms with Crippen molar-refractivity contribution in [2.24, 2.45) is 0 Å². The number of morpholine rings is 1. The molecule has 0 saturated carbocycles. The molecule has 1 aliphatic heterocycles. The molecule has 1 aromatic heterocycles. The maximum Gasteiger partial charge on any atom is 0.290 e. The third-order valence-electron chi connectivity index (χ3n) is 4.00. The Hall–Kier alpha value is -2.05. The van der Waals surface area contributed by atoms with Crippen LogP contribution in [0.4, 0.5) is 0 Å². The number of furan rings is 1. The predicted octanol–water partition coefficient (Wildman–Crippen LogP) is 1.89. The van der Waals surface area contributed by atoms with Crippen LogP contribution in [0.5, 0.6) is 5.75 Å². The van der Waals surface area contributed by atoms with Crippen LogP contribution in [-0.2, 0) is 4.74 Å². The first-order chi connectivity index (χ1) is 11.3. The molecule has 0 unspecified atom stereocenters. The number of nitrogens with one attached hydrogen (secondary N) is 1. The Morgan fingerprint density at radius 1 is 1.30 bits per heavy atom. The molecule has 0 radical (unpaired) electrons. The van der Waals surface area contributed by atoms with Gasteiger partial charge in [0.1, 0.15) is 5.58 Å². The van der Waals surface area contributed by atoms with Gasteiger partial charge in [-0.2, -0.15) is 0 Å². The smallest absolute Gasteiger partial charge is 0.290 e. The summed E-state index contributed by atoms with van der Waals surface area (Å²) in [5, 5.41) is 3.72. The fraction of sp³-hybridized carbons (Fsp3) is 0.471. The number of para-hydroxylation sites is 1. The molecule has 1 aromatic carbocycles. The Kier molecular flexibility index (Phi) is 5.15. The number of ether oxygens (including phenoxy) is 2. The lowest BCUT2D eigenvalue weighted by atomic mass is 10.2. The highest BCUT2D eigenvalue weighted by Crippen LogP contribution is 2.32. The van der Waals surface area contributed by atoms with Crippen molar-refractivity contribution in [3.8, 4) is 5.75 Å². The van der Waals surface area contributed by atoms with Crippen molar-refractivity contribution in [1.82, 2.24) is 10.2 Å². The Labute approximate surface area is 135 Å². The van der Waals surface area contributed by atoms with Gasteiger partial charge in [-0.15, -0.1) is 0 Å². The number of rotatable bonds is 6. The average molecular weight is 318 g/mol. The molecule has 0 bridgehead atoms. The Bertz CT molecular complexity index is 662. The molecule has 3 rings (SSSR count). The molecule has 124 valence electrons.